The van der Waals surface area contributed by atoms with E-state index >= 15 is 0 Å². The van der Waals surface area contributed by atoms with E-state index in [-0.39, 0.29) is 17.0 Å². The summed E-state index contributed by atoms with van der Waals surface area (Å²) < 4.78 is 25.1. The molecule has 0 aliphatic heterocycles. The molecule has 0 aromatic heterocycles. The SMILES string of the molecule is CCS(=O)(=O)Nc1cc(C)c(C)c(C(=O)O)c1. The predicted molar refractivity (Wildman–Crippen MR) is 66.0 cm³/mol. The normalized spacial score (nSPS) is 11.2. The van der Waals surface area contributed by atoms with Gasteiger partial charge in [0.25, 0.3) is 0 Å². The summed E-state index contributed by atoms with van der Waals surface area (Å²) in [5.41, 5.74) is 1.77. The maximum Gasteiger partial charge on any atom is 0.336 e. The van der Waals surface area contributed by atoms with Crippen molar-refractivity contribution in [1.29, 1.82) is 0 Å². The summed E-state index contributed by atoms with van der Waals surface area (Å²) in [6.45, 7) is 4.95. The minimum Gasteiger partial charge on any atom is -0.478 e. The number of hydrogen-bond acceptors (Lipinski definition) is 3. The molecule has 0 aliphatic carbocycles. The van der Waals surface area contributed by atoms with E-state index < -0.39 is 16.0 Å². The van der Waals surface area contributed by atoms with Gasteiger partial charge in [0.05, 0.1) is 11.3 Å². The third-order valence-electron chi connectivity index (χ3n) is 2.55. The van der Waals surface area contributed by atoms with E-state index in [0.29, 0.717) is 5.56 Å². The number of hydrogen-bond donors (Lipinski definition) is 2. The van der Waals surface area contributed by atoms with Gasteiger partial charge in [-0.2, -0.15) is 0 Å². The van der Waals surface area contributed by atoms with Crippen LogP contribution in [-0.4, -0.2) is 25.2 Å². The highest BCUT2D eigenvalue weighted by Gasteiger charge is 2.13. The van der Waals surface area contributed by atoms with E-state index in [1.165, 1.54) is 13.0 Å². The molecule has 6 heteroatoms. The molecule has 0 bridgehead atoms. The number of benzene rings is 1. The number of aryl methyl sites for hydroxylation is 1. The van der Waals surface area contributed by atoms with Crippen molar-refractivity contribution in [2.45, 2.75) is 20.8 Å². The van der Waals surface area contributed by atoms with Crippen molar-refractivity contribution in [3.63, 3.8) is 0 Å². The third-order valence-corrected chi connectivity index (χ3v) is 3.86. The summed E-state index contributed by atoms with van der Waals surface area (Å²) in [5.74, 6) is -1.12. The number of rotatable bonds is 4. The van der Waals surface area contributed by atoms with E-state index in [1.54, 1.807) is 19.9 Å². The van der Waals surface area contributed by atoms with Crippen molar-refractivity contribution in [3.05, 3.63) is 28.8 Å². The molecule has 5 nitrogen and oxygen atoms in total. The van der Waals surface area contributed by atoms with Crippen molar-refractivity contribution in [1.82, 2.24) is 0 Å². The molecular formula is C11H15NO4S. The zero-order valence-electron chi connectivity index (χ0n) is 9.94. The van der Waals surface area contributed by atoms with Crippen LogP contribution in [0.15, 0.2) is 12.1 Å². The van der Waals surface area contributed by atoms with Crippen LogP contribution in [0.3, 0.4) is 0 Å². The molecule has 2 N–H and O–H groups in total. The number of nitrogens with one attached hydrogen (secondary N) is 1. The highest BCUT2D eigenvalue weighted by Crippen LogP contribution is 2.20. The minimum absolute atomic E-state index is 0.0532. The number of carboxylic acid groups (broad SMARTS) is 1. The summed E-state index contributed by atoms with van der Waals surface area (Å²) in [5, 5.41) is 8.99. The molecule has 0 radical (unpaired) electrons. The molecular weight excluding hydrogens is 242 g/mol. The first kappa shape index (κ1) is 13.5. The standard InChI is InChI=1S/C11H15NO4S/c1-4-17(15,16)12-9-5-7(2)8(3)10(6-9)11(13)14/h5-6,12H,4H2,1-3H3,(H,13,14). The fourth-order valence-corrected chi connectivity index (χ4v) is 2.01. The van der Waals surface area contributed by atoms with Gasteiger partial charge in [0, 0.05) is 5.69 Å². The molecule has 0 unspecified atom stereocenters. The molecule has 0 saturated carbocycles. The lowest BCUT2D eigenvalue weighted by atomic mass is 10.0. The van der Waals surface area contributed by atoms with Gasteiger partial charge >= 0.3 is 5.97 Å². The van der Waals surface area contributed by atoms with Gasteiger partial charge in [-0.15, -0.1) is 0 Å². The largest absolute Gasteiger partial charge is 0.478 e. The van der Waals surface area contributed by atoms with Crippen LogP contribution in [-0.2, 0) is 10.0 Å². The Kier molecular flexibility index (Phi) is 3.77. The lowest BCUT2D eigenvalue weighted by molar-refractivity contribution is 0.0696. The molecule has 1 rings (SSSR count). The summed E-state index contributed by atoms with van der Waals surface area (Å²) >= 11 is 0. The Morgan fingerprint density at radius 1 is 1.35 bits per heavy atom. The predicted octanol–water partition coefficient (Wildman–Crippen LogP) is 1.76. The first-order chi connectivity index (χ1) is 7.76. The first-order valence-corrected chi connectivity index (χ1v) is 6.77. The molecule has 94 valence electrons. The Bertz CT molecular complexity index is 549. The Balaban J connectivity index is 3.25. The van der Waals surface area contributed by atoms with Crippen LogP contribution >= 0.6 is 0 Å². The molecule has 17 heavy (non-hydrogen) atoms. The van der Waals surface area contributed by atoms with E-state index in [9.17, 15) is 13.2 Å². The molecule has 0 fully saturated rings. The maximum atomic E-state index is 11.4. The van der Waals surface area contributed by atoms with Gasteiger partial charge in [-0.3, -0.25) is 4.72 Å². The average Bonchev–Trinajstić information content (AvgIpc) is 2.22. The fraction of sp³-hybridized carbons (Fsp3) is 0.364. The van der Waals surface area contributed by atoms with E-state index in [2.05, 4.69) is 4.72 Å². The van der Waals surface area contributed by atoms with Crippen LogP contribution < -0.4 is 4.72 Å². The second kappa shape index (κ2) is 4.75. The number of anilines is 1. The van der Waals surface area contributed by atoms with Gasteiger partial charge in [0.2, 0.25) is 10.0 Å². The lowest BCUT2D eigenvalue weighted by Gasteiger charge is -2.11. The van der Waals surface area contributed by atoms with Gasteiger partial charge < -0.3 is 5.11 Å². The number of carbonyl (C=O) groups is 1. The quantitative estimate of drug-likeness (QED) is 0.861. The van der Waals surface area contributed by atoms with Crippen molar-refractivity contribution in [3.8, 4) is 0 Å². The third kappa shape index (κ3) is 3.20. The van der Waals surface area contributed by atoms with Gasteiger partial charge in [-0.1, -0.05) is 0 Å². The van der Waals surface area contributed by atoms with Gasteiger partial charge in [0.1, 0.15) is 0 Å². The lowest BCUT2D eigenvalue weighted by Crippen LogP contribution is -2.15. The van der Waals surface area contributed by atoms with E-state index in [4.69, 9.17) is 5.11 Å². The summed E-state index contributed by atoms with van der Waals surface area (Å²) in [6.07, 6.45) is 0. The molecule has 0 saturated heterocycles. The Labute approximate surface area is 101 Å². The molecule has 0 atom stereocenters. The molecule has 1 aromatic carbocycles. The summed E-state index contributed by atoms with van der Waals surface area (Å²) in [7, 11) is -3.39. The topological polar surface area (TPSA) is 83.5 Å². The van der Waals surface area contributed by atoms with Crippen molar-refractivity contribution >= 4 is 21.7 Å². The van der Waals surface area contributed by atoms with Crippen molar-refractivity contribution in [2.24, 2.45) is 0 Å². The van der Waals surface area contributed by atoms with Crippen molar-refractivity contribution < 1.29 is 18.3 Å². The second-order valence-electron chi connectivity index (χ2n) is 3.78. The zero-order chi connectivity index (χ0) is 13.2. The van der Waals surface area contributed by atoms with Crippen LogP contribution in [0, 0.1) is 13.8 Å². The molecule has 0 aliphatic rings. The van der Waals surface area contributed by atoms with Gasteiger partial charge in [0.15, 0.2) is 0 Å². The van der Waals surface area contributed by atoms with E-state index in [1.807, 2.05) is 0 Å². The first-order valence-electron chi connectivity index (χ1n) is 5.12. The fourth-order valence-electron chi connectivity index (χ4n) is 1.39. The molecule has 1 aromatic rings. The van der Waals surface area contributed by atoms with Crippen molar-refractivity contribution in [2.75, 3.05) is 10.5 Å². The monoisotopic (exact) mass is 257 g/mol. The van der Waals surface area contributed by atoms with Crippen LogP contribution in [0.1, 0.15) is 28.4 Å². The highest BCUT2D eigenvalue weighted by atomic mass is 32.2. The average molecular weight is 257 g/mol. The number of carboxylic acids is 1. The maximum absolute atomic E-state index is 11.4. The van der Waals surface area contributed by atoms with Gasteiger partial charge in [-0.05, 0) is 44.0 Å². The van der Waals surface area contributed by atoms with Crippen LogP contribution in [0.25, 0.3) is 0 Å². The van der Waals surface area contributed by atoms with Crippen LogP contribution in [0.5, 0.6) is 0 Å². The van der Waals surface area contributed by atoms with E-state index in [0.717, 1.165) is 5.56 Å². The Hall–Kier alpha value is -1.56. The number of sulfonamides is 1. The summed E-state index contributed by atoms with van der Waals surface area (Å²) in [6, 6.07) is 2.95. The second-order valence-corrected chi connectivity index (χ2v) is 5.79. The van der Waals surface area contributed by atoms with Crippen LogP contribution in [0.4, 0.5) is 5.69 Å². The molecule has 0 heterocycles. The van der Waals surface area contributed by atoms with Gasteiger partial charge in [-0.25, -0.2) is 13.2 Å². The zero-order valence-corrected chi connectivity index (χ0v) is 10.8. The highest BCUT2D eigenvalue weighted by molar-refractivity contribution is 7.92. The van der Waals surface area contributed by atoms with Crippen LogP contribution in [0.2, 0.25) is 0 Å². The minimum atomic E-state index is -3.39. The molecule has 0 spiro atoms. The Morgan fingerprint density at radius 2 is 1.94 bits per heavy atom. The summed E-state index contributed by atoms with van der Waals surface area (Å²) in [4.78, 5) is 11.0. The molecule has 0 amide bonds. The number of aromatic carboxylic acids is 1. The Morgan fingerprint density at radius 3 is 2.41 bits per heavy atom. The smallest absolute Gasteiger partial charge is 0.336 e.